The van der Waals surface area contributed by atoms with Gasteiger partial charge in [0.2, 0.25) is 0 Å². The molecule has 0 aromatic heterocycles. The number of aliphatic hydroxyl groups excluding tert-OH is 1. The van der Waals surface area contributed by atoms with Crippen LogP contribution in [0.15, 0.2) is 46.3 Å². The van der Waals surface area contributed by atoms with Crippen molar-refractivity contribution in [3.8, 4) is 0 Å². The average Bonchev–Trinajstić information content (AvgIpc) is 3.26. The molecule has 0 radical (unpaired) electrons. The molecule has 0 saturated carbocycles. The Hall–Kier alpha value is -3.41. The Morgan fingerprint density at radius 1 is 1.07 bits per heavy atom. The smallest absolute Gasteiger partial charge is 0.416 e. The number of thioether (sulfide) groups is 1. The molecule has 3 rings (SSSR count). The highest BCUT2D eigenvalue weighted by Gasteiger charge is 2.38. The lowest BCUT2D eigenvalue weighted by atomic mass is 9.95. The zero-order chi connectivity index (χ0) is 33.1. The summed E-state index contributed by atoms with van der Waals surface area (Å²) in [5, 5.41) is 27.1. The van der Waals surface area contributed by atoms with Gasteiger partial charge in [-0.2, -0.15) is 26.3 Å². The lowest BCUT2D eigenvalue weighted by Crippen LogP contribution is -2.33. The molecule has 2 aliphatic rings. The van der Waals surface area contributed by atoms with Gasteiger partial charge in [0, 0.05) is 31.8 Å². The third-order valence-electron chi connectivity index (χ3n) is 6.41. The summed E-state index contributed by atoms with van der Waals surface area (Å²) in [6, 6.07) is 1.77. The monoisotopic (exact) mass is 654 g/mol. The topological polar surface area (TPSA) is 143 Å². The predicted molar refractivity (Wildman–Crippen MR) is 150 cm³/mol. The van der Waals surface area contributed by atoms with E-state index in [4.69, 9.17) is 15.3 Å². The van der Waals surface area contributed by atoms with E-state index in [2.05, 4.69) is 10.3 Å². The molecule has 2 aliphatic heterocycles. The van der Waals surface area contributed by atoms with Crippen LogP contribution in [0.5, 0.6) is 0 Å². The molecule has 17 heteroatoms. The van der Waals surface area contributed by atoms with E-state index < -0.39 is 35.4 Å². The van der Waals surface area contributed by atoms with Crippen LogP contribution in [-0.2, 0) is 28.5 Å². The van der Waals surface area contributed by atoms with E-state index >= 15 is 0 Å². The molecule has 0 bridgehead atoms. The minimum absolute atomic E-state index is 0.0416. The molecule has 4 N–H and O–H groups in total. The van der Waals surface area contributed by atoms with Crippen molar-refractivity contribution in [2.24, 2.45) is 10.9 Å². The Labute approximate surface area is 253 Å². The fraction of sp³-hybridized carbons (Fsp3) is 0.481. The first-order valence-electron chi connectivity index (χ1n) is 13.2. The summed E-state index contributed by atoms with van der Waals surface area (Å²) in [4.78, 5) is 39.8. The van der Waals surface area contributed by atoms with Gasteiger partial charge < -0.3 is 25.5 Å². The number of carboxylic acids is 2. The number of allylic oxidation sites excluding steroid dienone is 1. The molecule has 1 aromatic rings. The Bertz CT molecular complexity index is 1240. The molecule has 244 valence electrons. The van der Waals surface area contributed by atoms with Crippen molar-refractivity contribution in [3.63, 3.8) is 0 Å². The number of carboxylic acid groups (broad SMARTS) is 2. The summed E-state index contributed by atoms with van der Waals surface area (Å²) in [6.07, 6.45) is -5.41. The van der Waals surface area contributed by atoms with Gasteiger partial charge in [-0.25, -0.2) is 9.59 Å². The second kappa shape index (κ2) is 16.6. The summed E-state index contributed by atoms with van der Waals surface area (Å²) in [5.74, 6) is -1.93. The van der Waals surface area contributed by atoms with E-state index in [1.165, 1.54) is 0 Å². The number of benzene rings is 1. The minimum Gasteiger partial charge on any atom is -0.478 e. The highest BCUT2D eigenvalue weighted by molar-refractivity contribution is 8.18. The van der Waals surface area contributed by atoms with Gasteiger partial charge in [-0.3, -0.25) is 14.7 Å². The van der Waals surface area contributed by atoms with Crippen LogP contribution >= 0.6 is 11.8 Å². The van der Waals surface area contributed by atoms with Gasteiger partial charge in [-0.1, -0.05) is 12.1 Å². The van der Waals surface area contributed by atoms with E-state index in [0.717, 1.165) is 17.8 Å². The van der Waals surface area contributed by atoms with E-state index in [1.807, 2.05) is 18.0 Å². The molecular weight excluding hydrogens is 622 g/mol. The third-order valence-corrected chi connectivity index (χ3v) is 7.25. The molecule has 1 aromatic carbocycles. The Kier molecular flexibility index (Phi) is 13.9. The lowest BCUT2D eigenvalue weighted by Gasteiger charge is -2.31. The molecule has 10 nitrogen and oxygen atoms in total. The number of alkyl halides is 6. The van der Waals surface area contributed by atoms with Crippen molar-refractivity contribution >= 4 is 34.8 Å². The number of nitrogens with one attached hydrogen (secondary N) is 1. The van der Waals surface area contributed by atoms with Crippen LogP contribution in [0.3, 0.4) is 0 Å². The standard InChI is InChI=1S/C23H28F6N4O2S.C4H4O4/c1-32(10-11-34)9-6-30-20-19(36-21(35)31-20)12-15-4-7-33(8-5-15)14-16-2-3-17(22(24,25)26)13-18(16)23(27,28)29;5-3(6)1-2-4(7)8/h2-3,12-13,15,34H,4-11,14H2,1H3,(H,30,31,35);1-2H,(H,5,6)(H,7,8). The van der Waals surface area contributed by atoms with Crippen molar-refractivity contribution in [1.82, 2.24) is 15.1 Å². The number of amidine groups is 1. The average molecular weight is 655 g/mol. The number of piperidine rings is 1. The second-order valence-electron chi connectivity index (χ2n) is 9.79. The first kappa shape index (κ1) is 36.8. The number of nitrogens with zero attached hydrogens (tertiary/aromatic N) is 3. The normalized spacial score (nSPS) is 18.6. The van der Waals surface area contributed by atoms with Crippen molar-refractivity contribution in [3.05, 3.63) is 58.0 Å². The maximum atomic E-state index is 13.4. The number of carbonyl (C=O) groups excluding carboxylic acids is 1. The number of aliphatic carboxylic acids is 2. The number of halogens is 6. The van der Waals surface area contributed by atoms with Crippen LogP contribution in [0.1, 0.15) is 29.5 Å². The molecule has 0 unspecified atom stereocenters. The SMILES string of the molecule is CN(CCO)CCN=C1NC(=O)SC1=CC1CCN(Cc2ccc(C(F)(F)F)cc2C(F)(F)F)CC1.O=C(O)C=CC(=O)O. The van der Waals surface area contributed by atoms with E-state index in [9.17, 15) is 40.7 Å². The summed E-state index contributed by atoms with van der Waals surface area (Å²) < 4.78 is 79.1. The zero-order valence-corrected chi connectivity index (χ0v) is 24.3. The number of hydrogen-bond donors (Lipinski definition) is 4. The van der Waals surface area contributed by atoms with Crippen molar-refractivity contribution in [2.45, 2.75) is 31.7 Å². The number of rotatable bonds is 10. The number of aliphatic imine (C=N–C) groups is 1. The van der Waals surface area contributed by atoms with E-state index in [1.54, 1.807) is 4.90 Å². The van der Waals surface area contributed by atoms with Crippen LogP contribution in [0.2, 0.25) is 0 Å². The molecule has 2 heterocycles. The van der Waals surface area contributed by atoms with Crippen LogP contribution in [0, 0.1) is 5.92 Å². The van der Waals surface area contributed by atoms with Crippen LogP contribution in [-0.4, -0.2) is 94.5 Å². The molecule has 1 amide bonds. The quantitative estimate of drug-likeness (QED) is 0.215. The lowest BCUT2D eigenvalue weighted by molar-refractivity contribution is -0.143. The van der Waals surface area contributed by atoms with Gasteiger partial charge in [0.15, 0.2) is 0 Å². The van der Waals surface area contributed by atoms with Crippen molar-refractivity contribution in [1.29, 1.82) is 0 Å². The molecule has 0 atom stereocenters. The molecule has 44 heavy (non-hydrogen) atoms. The molecule has 0 spiro atoms. The summed E-state index contributed by atoms with van der Waals surface area (Å²) in [7, 11) is 1.85. The Morgan fingerprint density at radius 3 is 2.20 bits per heavy atom. The van der Waals surface area contributed by atoms with Gasteiger partial charge in [0.25, 0.3) is 5.24 Å². The van der Waals surface area contributed by atoms with Gasteiger partial charge >= 0.3 is 24.3 Å². The number of likely N-dealkylation sites (N-methyl/N-ethyl adjacent to an activating group) is 1. The van der Waals surface area contributed by atoms with Crippen molar-refractivity contribution in [2.75, 3.05) is 46.4 Å². The zero-order valence-electron chi connectivity index (χ0n) is 23.5. The Morgan fingerprint density at radius 2 is 1.68 bits per heavy atom. The fourth-order valence-corrected chi connectivity index (χ4v) is 5.03. The highest BCUT2D eigenvalue weighted by Crippen LogP contribution is 2.38. The summed E-state index contributed by atoms with van der Waals surface area (Å²) in [5.41, 5.74) is -2.77. The van der Waals surface area contributed by atoms with E-state index in [-0.39, 0.29) is 35.9 Å². The summed E-state index contributed by atoms with van der Waals surface area (Å²) >= 11 is 1.04. The number of aliphatic hydroxyl groups is 1. The summed E-state index contributed by atoms with van der Waals surface area (Å²) in [6.45, 7) is 2.45. The first-order valence-corrected chi connectivity index (χ1v) is 14.0. The van der Waals surface area contributed by atoms with Crippen LogP contribution < -0.4 is 5.32 Å². The maximum Gasteiger partial charge on any atom is 0.416 e. The molecular formula is C27H32F6N4O6S. The second-order valence-corrected chi connectivity index (χ2v) is 10.8. The maximum absolute atomic E-state index is 13.4. The first-order chi connectivity index (χ1) is 20.5. The fourth-order valence-electron chi connectivity index (χ4n) is 4.21. The number of hydrogen-bond acceptors (Lipinski definition) is 8. The minimum atomic E-state index is -4.89. The molecule has 0 aliphatic carbocycles. The molecule has 2 saturated heterocycles. The van der Waals surface area contributed by atoms with E-state index in [0.29, 0.717) is 74.5 Å². The van der Waals surface area contributed by atoms with Gasteiger partial charge in [-0.15, -0.1) is 0 Å². The van der Waals surface area contributed by atoms with Gasteiger partial charge in [0.05, 0.1) is 29.2 Å². The van der Waals surface area contributed by atoms with Gasteiger partial charge in [-0.05, 0) is 68.4 Å². The number of amides is 1. The Balaban J connectivity index is 0.000000742. The number of likely N-dealkylation sites (tertiary alicyclic amines) is 1. The largest absolute Gasteiger partial charge is 0.478 e. The van der Waals surface area contributed by atoms with Gasteiger partial charge in [0.1, 0.15) is 5.84 Å². The highest BCUT2D eigenvalue weighted by atomic mass is 32.2. The number of carbonyl (C=O) groups is 3. The van der Waals surface area contributed by atoms with Crippen molar-refractivity contribution < 1.29 is 56.0 Å². The predicted octanol–water partition coefficient (Wildman–Crippen LogP) is 4.31. The third kappa shape index (κ3) is 12.7. The van der Waals surface area contributed by atoms with Crippen LogP contribution in [0.25, 0.3) is 0 Å². The molecule has 2 fully saturated rings. The van der Waals surface area contributed by atoms with Crippen LogP contribution in [0.4, 0.5) is 31.1 Å².